The standard InChI is InChI=1S/C9H21NOS/c1-8(11-4)6-10-7-9(2,3)12-5/h8,10H,6-7H2,1-5H3. The Morgan fingerprint density at radius 1 is 1.50 bits per heavy atom. The topological polar surface area (TPSA) is 21.3 Å². The van der Waals surface area contributed by atoms with Crippen LogP contribution in [0.15, 0.2) is 0 Å². The van der Waals surface area contributed by atoms with Gasteiger partial charge in [0.05, 0.1) is 6.10 Å². The Balaban J connectivity index is 3.42. The van der Waals surface area contributed by atoms with E-state index in [-0.39, 0.29) is 0 Å². The van der Waals surface area contributed by atoms with Crippen molar-refractivity contribution in [2.75, 3.05) is 26.5 Å². The fraction of sp³-hybridized carbons (Fsp3) is 1.00. The molecule has 0 saturated heterocycles. The van der Waals surface area contributed by atoms with Gasteiger partial charge in [0.25, 0.3) is 0 Å². The highest BCUT2D eigenvalue weighted by atomic mass is 32.2. The average molecular weight is 191 g/mol. The lowest BCUT2D eigenvalue weighted by molar-refractivity contribution is 0.117. The molecule has 0 aromatic rings. The van der Waals surface area contributed by atoms with Crippen molar-refractivity contribution in [1.29, 1.82) is 0 Å². The Kier molecular flexibility index (Phi) is 5.97. The van der Waals surface area contributed by atoms with E-state index in [1.807, 2.05) is 11.8 Å². The predicted octanol–water partition coefficient (Wildman–Crippen LogP) is 1.75. The van der Waals surface area contributed by atoms with Gasteiger partial charge in [0.1, 0.15) is 0 Å². The lowest BCUT2D eigenvalue weighted by Gasteiger charge is -2.23. The first-order valence-electron chi connectivity index (χ1n) is 4.30. The van der Waals surface area contributed by atoms with Crippen LogP contribution in [0, 0.1) is 0 Å². The second-order valence-corrected chi connectivity index (χ2v) is 5.15. The highest BCUT2D eigenvalue weighted by molar-refractivity contribution is 7.99. The molecule has 0 fully saturated rings. The van der Waals surface area contributed by atoms with Crippen LogP contribution in [0.4, 0.5) is 0 Å². The smallest absolute Gasteiger partial charge is 0.0667 e. The van der Waals surface area contributed by atoms with E-state index in [1.165, 1.54) is 0 Å². The van der Waals surface area contributed by atoms with Crippen LogP contribution in [0.2, 0.25) is 0 Å². The maximum absolute atomic E-state index is 5.13. The molecule has 0 aromatic carbocycles. The van der Waals surface area contributed by atoms with E-state index in [4.69, 9.17) is 4.74 Å². The summed E-state index contributed by atoms with van der Waals surface area (Å²) < 4.78 is 5.46. The minimum absolute atomic E-state index is 0.308. The van der Waals surface area contributed by atoms with E-state index in [2.05, 4.69) is 32.3 Å². The summed E-state index contributed by atoms with van der Waals surface area (Å²) in [4.78, 5) is 0. The monoisotopic (exact) mass is 191 g/mol. The SMILES string of the molecule is COC(C)CNCC(C)(C)SC. The van der Waals surface area contributed by atoms with Crippen molar-refractivity contribution in [2.24, 2.45) is 0 Å². The van der Waals surface area contributed by atoms with Crippen LogP contribution in [0.1, 0.15) is 20.8 Å². The lowest BCUT2D eigenvalue weighted by atomic mass is 10.2. The molecule has 1 N–H and O–H groups in total. The van der Waals surface area contributed by atoms with Crippen molar-refractivity contribution >= 4 is 11.8 Å². The molecule has 12 heavy (non-hydrogen) atoms. The van der Waals surface area contributed by atoms with E-state index >= 15 is 0 Å². The van der Waals surface area contributed by atoms with Gasteiger partial charge < -0.3 is 10.1 Å². The van der Waals surface area contributed by atoms with Gasteiger partial charge in [0.2, 0.25) is 0 Å². The quantitative estimate of drug-likeness (QED) is 0.691. The van der Waals surface area contributed by atoms with Gasteiger partial charge in [-0.1, -0.05) is 0 Å². The molecule has 0 aliphatic carbocycles. The normalized spacial score (nSPS) is 14.8. The second kappa shape index (κ2) is 5.84. The number of thioether (sulfide) groups is 1. The zero-order valence-electron chi connectivity index (χ0n) is 8.81. The molecule has 0 radical (unpaired) electrons. The van der Waals surface area contributed by atoms with E-state index in [1.54, 1.807) is 7.11 Å². The number of nitrogens with one attached hydrogen (secondary N) is 1. The molecular formula is C9H21NOS. The van der Waals surface area contributed by atoms with Gasteiger partial charge in [-0.05, 0) is 27.0 Å². The minimum atomic E-state index is 0.308. The van der Waals surface area contributed by atoms with Gasteiger partial charge in [0, 0.05) is 24.9 Å². The molecule has 0 spiro atoms. The Bertz CT molecular complexity index is 117. The molecular weight excluding hydrogens is 170 g/mol. The Labute approximate surface area is 80.4 Å². The molecule has 0 heterocycles. The van der Waals surface area contributed by atoms with Crippen LogP contribution >= 0.6 is 11.8 Å². The number of methoxy groups -OCH3 is 1. The van der Waals surface area contributed by atoms with E-state index in [0.717, 1.165) is 13.1 Å². The van der Waals surface area contributed by atoms with Crippen molar-refractivity contribution in [2.45, 2.75) is 31.6 Å². The van der Waals surface area contributed by atoms with Gasteiger partial charge >= 0.3 is 0 Å². The molecule has 0 bridgehead atoms. The summed E-state index contributed by atoms with van der Waals surface area (Å²) >= 11 is 1.88. The molecule has 0 rings (SSSR count). The predicted molar refractivity (Wildman–Crippen MR) is 56.9 cm³/mol. The van der Waals surface area contributed by atoms with Gasteiger partial charge in [-0.25, -0.2) is 0 Å². The fourth-order valence-electron chi connectivity index (χ4n) is 0.732. The van der Waals surface area contributed by atoms with Crippen LogP contribution in [-0.4, -0.2) is 37.3 Å². The number of ether oxygens (including phenoxy) is 1. The first-order chi connectivity index (χ1) is 5.52. The lowest BCUT2D eigenvalue weighted by Crippen LogP contribution is -2.36. The van der Waals surface area contributed by atoms with Crippen molar-refractivity contribution in [3.05, 3.63) is 0 Å². The van der Waals surface area contributed by atoms with Gasteiger partial charge in [-0.2, -0.15) is 11.8 Å². The zero-order chi connectivity index (χ0) is 9.61. The van der Waals surface area contributed by atoms with E-state index < -0.39 is 0 Å². The summed E-state index contributed by atoms with van der Waals surface area (Å²) in [6.07, 6.45) is 2.45. The number of rotatable bonds is 6. The summed E-state index contributed by atoms with van der Waals surface area (Å²) in [7, 11) is 1.74. The van der Waals surface area contributed by atoms with Crippen molar-refractivity contribution in [3.63, 3.8) is 0 Å². The first-order valence-corrected chi connectivity index (χ1v) is 5.53. The van der Waals surface area contributed by atoms with Crippen LogP contribution in [0.3, 0.4) is 0 Å². The molecule has 0 aliphatic rings. The van der Waals surface area contributed by atoms with E-state index in [9.17, 15) is 0 Å². The van der Waals surface area contributed by atoms with Crippen molar-refractivity contribution in [3.8, 4) is 0 Å². The minimum Gasteiger partial charge on any atom is -0.380 e. The van der Waals surface area contributed by atoms with E-state index in [0.29, 0.717) is 10.9 Å². The van der Waals surface area contributed by atoms with Crippen LogP contribution in [-0.2, 0) is 4.74 Å². The molecule has 74 valence electrons. The van der Waals surface area contributed by atoms with Crippen molar-refractivity contribution in [1.82, 2.24) is 5.32 Å². The maximum atomic E-state index is 5.13. The third-order valence-corrected chi connectivity index (χ3v) is 3.19. The summed E-state index contributed by atoms with van der Waals surface area (Å²) in [5, 5.41) is 3.38. The molecule has 0 saturated carbocycles. The third-order valence-electron chi connectivity index (χ3n) is 1.94. The molecule has 3 heteroatoms. The number of hydrogen-bond donors (Lipinski definition) is 1. The molecule has 2 nitrogen and oxygen atoms in total. The Morgan fingerprint density at radius 2 is 2.08 bits per heavy atom. The van der Waals surface area contributed by atoms with Gasteiger partial charge in [-0.3, -0.25) is 0 Å². The maximum Gasteiger partial charge on any atom is 0.0667 e. The molecule has 0 aromatic heterocycles. The molecule has 1 atom stereocenters. The summed E-state index contributed by atoms with van der Waals surface area (Å²) in [6, 6.07) is 0. The summed E-state index contributed by atoms with van der Waals surface area (Å²) in [5.41, 5.74) is 0. The summed E-state index contributed by atoms with van der Waals surface area (Å²) in [5.74, 6) is 0. The highest BCUT2D eigenvalue weighted by Gasteiger charge is 2.14. The number of hydrogen-bond acceptors (Lipinski definition) is 3. The zero-order valence-corrected chi connectivity index (χ0v) is 9.62. The van der Waals surface area contributed by atoms with Crippen LogP contribution in [0.5, 0.6) is 0 Å². The third kappa shape index (κ3) is 5.86. The Hall–Kier alpha value is 0.270. The largest absolute Gasteiger partial charge is 0.380 e. The summed E-state index contributed by atoms with van der Waals surface area (Å²) in [6.45, 7) is 8.51. The molecule has 0 aliphatic heterocycles. The van der Waals surface area contributed by atoms with Gasteiger partial charge in [0.15, 0.2) is 0 Å². The van der Waals surface area contributed by atoms with Crippen molar-refractivity contribution < 1.29 is 4.74 Å². The first kappa shape index (κ1) is 12.3. The molecule has 0 amide bonds. The average Bonchev–Trinajstić information content (AvgIpc) is 2.04. The van der Waals surface area contributed by atoms with Crippen LogP contribution < -0.4 is 5.32 Å². The Morgan fingerprint density at radius 3 is 2.50 bits per heavy atom. The molecule has 1 unspecified atom stereocenters. The second-order valence-electron chi connectivity index (χ2n) is 3.64. The fourth-order valence-corrected chi connectivity index (χ4v) is 0.978. The van der Waals surface area contributed by atoms with Gasteiger partial charge in [-0.15, -0.1) is 0 Å². The van der Waals surface area contributed by atoms with Crippen LogP contribution in [0.25, 0.3) is 0 Å². The highest BCUT2D eigenvalue weighted by Crippen LogP contribution is 2.19.